The van der Waals surface area contributed by atoms with E-state index >= 15 is 0 Å². The number of rotatable bonds is 8. The van der Waals surface area contributed by atoms with Crippen LogP contribution in [0.2, 0.25) is 5.02 Å². The van der Waals surface area contributed by atoms with Gasteiger partial charge in [0, 0.05) is 20.7 Å². The predicted molar refractivity (Wildman–Crippen MR) is 143 cm³/mol. The molecule has 0 fully saturated rings. The van der Waals surface area contributed by atoms with Crippen molar-refractivity contribution in [2.24, 2.45) is 5.10 Å². The Morgan fingerprint density at radius 3 is 2.37 bits per heavy atom. The van der Waals surface area contributed by atoms with E-state index in [1.54, 1.807) is 79.7 Å². The van der Waals surface area contributed by atoms with Crippen LogP contribution in [0.3, 0.4) is 0 Å². The Kier molecular flexibility index (Phi) is 8.66. The Labute approximate surface area is 217 Å². The Hall–Kier alpha value is -3.21. The molecule has 11 heteroatoms. The van der Waals surface area contributed by atoms with Gasteiger partial charge in [-0.1, -0.05) is 51.8 Å². The smallest absolute Gasteiger partial charge is 0.260 e. The van der Waals surface area contributed by atoms with Crippen LogP contribution in [-0.2, 0) is 14.8 Å². The molecule has 0 aliphatic rings. The van der Waals surface area contributed by atoms with E-state index in [-0.39, 0.29) is 5.91 Å². The van der Waals surface area contributed by atoms with Crippen LogP contribution in [0.5, 0.6) is 0 Å². The number of carbonyl (C=O) groups excluding carboxylic acids is 2. The molecular weight excluding hydrogens is 556 g/mol. The summed E-state index contributed by atoms with van der Waals surface area (Å²) in [5.74, 6) is -0.930. The van der Waals surface area contributed by atoms with E-state index in [9.17, 15) is 18.0 Å². The number of carbonyl (C=O) groups is 2. The molecule has 0 saturated carbocycles. The van der Waals surface area contributed by atoms with Crippen LogP contribution in [0.1, 0.15) is 22.8 Å². The maximum absolute atomic E-state index is 12.5. The molecule has 0 radical (unpaired) electrons. The number of sulfonamides is 1. The highest BCUT2D eigenvalue weighted by Gasteiger charge is 2.21. The summed E-state index contributed by atoms with van der Waals surface area (Å²) in [5, 5.41) is 7.34. The molecule has 0 aliphatic heterocycles. The second-order valence-corrected chi connectivity index (χ2v) is 10.8. The van der Waals surface area contributed by atoms with Crippen molar-refractivity contribution in [3.05, 3.63) is 93.4 Å². The average molecular weight is 578 g/mol. The zero-order valence-corrected chi connectivity index (χ0v) is 22.0. The van der Waals surface area contributed by atoms with Gasteiger partial charge in [-0.3, -0.25) is 13.9 Å². The molecule has 2 N–H and O–H groups in total. The van der Waals surface area contributed by atoms with Gasteiger partial charge in [-0.15, -0.1) is 0 Å². The van der Waals surface area contributed by atoms with Gasteiger partial charge in [0.1, 0.15) is 6.54 Å². The summed E-state index contributed by atoms with van der Waals surface area (Å²) in [4.78, 5) is 25.0. The maximum Gasteiger partial charge on any atom is 0.260 e. The fourth-order valence-electron chi connectivity index (χ4n) is 3.06. The molecule has 0 bridgehead atoms. The van der Waals surface area contributed by atoms with Crippen LogP contribution >= 0.6 is 27.5 Å². The molecule has 0 unspecified atom stereocenters. The van der Waals surface area contributed by atoms with Gasteiger partial charge in [-0.25, -0.2) is 13.8 Å². The van der Waals surface area contributed by atoms with Crippen LogP contribution in [0.15, 0.2) is 82.4 Å². The highest BCUT2D eigenvalue weighted by molar-refractivity contribution is 9.10. The van der Waals surface area contributed by atoms with Gasteiger partial charge in [-0.2, -0.15) is 5.10 Å². The lowest BCUT2D eigenvalue weighted by Crippen LogP contribution is -2.39. The van der Waals surface area contributed by atoms with E-state index < -0.39 is 22.5 Å². The van der Waals surface area contributed by atoms with Crippen molar-refractivity contribution < 1.29 is 18.0 Å². The molecule has 0 heterocycles. The quantitative estimate of drug-likeness (QED) is 0.300. The molecule has 35 heavy (non-hydrogen) atoms. The number of nitrogens with one attached hydrogen (secondary N) is 2. The lowest BCUT2D eigenvalue weighted by Gasteiger charge is -2.21. The molecular formula is C24H22BrClN4O4S. The normalized spacial score (nSPS) is 11.6. The summed E-state index contributed by atoms with van der Waals surface area (Å²) in [7, 11) is -3.71. The minimum Gasteiger partial charge on any atom is -0.322 e. The van der Waals surface area contributed by atoms with Crippen LogP contribution < -0.4 is 15.0 Å². The van der Waals surface area contributed by atoms with Gasteiger partial charge in [0.25, 0.3) is 11.8 Å². The highest BCUT2D eigenvalue weighted by Crippen LogP contribution is 2.22. The minimum atomic E-state index is -3.71. The van der Waals surface area contributed by atoms with E-state index in [1.165, 1.54) is 0 Å². The predicted octanol–water partition coefficient (Wildman–Crippen LogP) is 4.66. The van der Waals surface area contributed by atoms with Crippen LogP contribution in [0.4, 0.5) is 11.4 Å². The van der Waals surface area contributed by atoms with Gasteiger partial charge in [-0.05, 0) is 61.0 Å². The van der Waals surface area contributed by atoms with Crippen molar-refractivity contribution in [3.63, 3.8) is 0 Å². The first-order chi connectivity index (χ1) is 16.5. The summed E-state index contributed by atoms with van der Waals surface area (Å²) < 4.78 is 26.1. The molecule has 3 aromatic rings. The molecule has 0 aliphatic carbocycles. The van der Waals surface area contributed by atoms with Crippen molar-refractivity contribution in [2.45, 2.75) is 6.92 Å². The number of amides is 2. The molecule has 0 atom stereocenters. The zero-order chi connectivity index (χ0) is 25.6. The number of halogens is 2. The summed E-state index contributed by atoms with van der Waals surface area (Å²) in [6.45, 7) is 1.24. The van der Waals surface area contributed by atoms with Crippen LogP contribution in [-0.4, -0.2) is 38.7 Å². The zero-order valence-electron chi connectivity index (χ0n) is 18.8. The van der Waals surface area contributed by atoms with Gasteiger partial charge < -0.3 is 5.32 Å². The lowest BCUT2D eigenvalue weighted by molar-refractivity contribution is -0.119. The molecule has 2 amide bonds. The fraction of sp³-hybridized carbons (Fsp3) is 0.125. The van der Waals surface area contributed by atoms with Crippen molar-refractivity contribution in [1.29, 1.82) is 0 Å². The Balaban J connectivity index is 1.69. The van der Waals surface area contributed by atoms with E-state index in [0.29, 0.717) is 37.7 Å². The largest absolute Gasteiger partial charge is 0.322 e. The fourth-order valence-corrected chi connectivity index (χ4v) is 4.49. The average Bonchev–Trinajstić information content (AvgIpc) is 2.80. The monoisotopic (exact) mass is 576 g/mol. The highest BCUT2D eigenvalue weighted by atomic mass is 79.9. The second kappa shape index (κ2) is 11.5. The van der Waals surface area contributed by atoms with E-state index in [4.69, 9.17) is 11.6 Å². The minimum absolute atomic E-state index is 0.319. The number of anilines is 2. The van der Waals surface area contributed by atoms with E-state index in [0.717, 1.165) is 10.6 Å². The molecule has 0 aromatic heterocycles. The summed E-state index contributed by atoms with van der Waals surface area (Å²) in [5.41, 5.74) is 4.81. The summed E-state index contributed by atoms with van der Waals surface area (Å²) >= 11 is 9.25. The number of benzene rings is 3. The third-order valence-corrected chi connectivity index (χ3v) is 6.63. The molecule has 0 saturated heterocycles. The molecule has 8 nitrogen and oxygen atoms in total. The topological polar surface area (TPSA) is 108 Å². The van der Waals surface area contributed by atoms with Crippen molar-refractivity contribution in [1.82, 2.24) is 5.43 Å². The standard InChI is InChI=1S/C24H22BrClN4O4S/c1-16(17-6-4-10-21(13-17)27-24(32)18-7-3-9-20(26)12-18)28-29-23(31)15-30(35(2,33)34)22-11-5-8-19(25)14-22/h3-14H,15H2,1-2H3,(H,27,32)(H,29,31)/b28-16-. The summed E-state index contributed by atoms with van der Waals surface area (Å²) in [6.07, 6.45) is 1.03. The molecule has 3 rings (SSSR count). The Morgan fingerprint density at radius 1 is 1.00 bits per heavy atom. The summed E-state index contributed by atoms with van der Waals surface area (Å²) in [6, 6.07) is 20.2. The van der Waals surface area contributed by atoms with Gasteiger partial charge in [0.15, 0.2) is 0 Å². The molecule has 3 aromatic carbocycles. The van der Waals surface area contributed by atoms with E-state index in [1.807, 2.05) is 0 Å². The molecule has 0 spiro atoms. The van der Waals surface area contributed by atoms with Crippen molar-refractivity contribution >= 4 is 66.5 Å². The third-order valence-electron chi connectivity index (χ3n) is 4.76. The van der Waals surface area contributed by atoms with Crippen LogP contribution in [0.25, 0.3) is 0 Å². The molecule has 182 valence electrons. The number of nitrogens with zero attached hydrogens (tertiary/aromatic N) is 2. The van der Waals surface area contributed by atoms with Gasteiger partial charge >= 0.3 is 0 Å². The first kappa shape index (κ1) is 26.4. The van der Waals surface area contributed by atoms with Crippen molar-refractivity contribution in [3.8, 4) is 0 Å². The maximum atomic E-state index is 12.5. The van der Waals surface area contributed by atoms with E-state index in [2.05, 4.69) is 31.8 Å². The first-order valence-corrected chi connectivity index (χ1v) is 13.3. The lowest BCUT2D eigenvalue weighted by atomic mass is 10.1. The SMILES string of the molecule is C/C(=N/NC(=O)CN(c1cccc(Br)c1)S(C)(=O)=O)c1cccc(NC(=O)c2cccc(Cl)c2)c1. The van der Waals surface area contributed by atoms with Gasteiger partial charge in [0.05, 0.1) is 17.7 Å². The van der Waals surface area contributed by atoms with Gasteiger partial charge in [0.2, 0.25) is 10.0 Å². The van der Waals surface area contributed by atoms with Crippen LogP contribution in [0, 0.1) is 0 Å². The second-order valence-electron chi connectivity index (χ2n) is 7.53. The number of hydrogen-bond acceptors (Lipinski definition) is 5. The Bertz CT molecular complexity index is 1400. The number of hydrogen-bond donors (Lipinski definition) is 2. The third kappa shape index (κ3) is 7.64. The number of hydrazone groups is 1. The van der Waals surface area contributed by atoms with Crippen molar-refractivity contribution in [2.75, 3.05) is 22.4 Å². The Morgan fingerprint density at radius 2 is 1.69 bits per heavy atom. The first-order valence-electron chi connectivity index (χ1n) is 10.3.